The Hall–Kier alpha value is -1.69. The van der Waals surface area contributed by atoms with Crippen molar-refractivity contribution < 1.29 is 9.59 Å². The second-order valence-electron chi connectivity index (χ2n) is 7.25. The van der Waals surface area contributed by atoms with Crippen LogP contribution in [0.4, 0.5) is 0 Å². The molecule has 31 heavy (non-hydrogen) atoms. The molecule has 0 aromatic heterocycles. The molecule has 2 rings (SSSR count). The van der Waals surface area contributed by atoms with Gasteiger partial charge < -0.3 is 10.2 Å². The highest BCUT2D eigenvalue weighted by molar-refractivity contribution is 7.99. The van der Waals surface area contributed by atoms with Gasteiger partial charge in [0.25, 0.3) is 0 Å². The molecule has 0 fully saturated rings. The van der Waals surface area contributed by atoms with Crippen molar-refractivity contribution in [2.24, 2.45) is 0 Å². The molecule has 0 radical (unpaired) electrons. The van der Waals surface area contributed by atoms with Gasteiger partial charge in [0.1, 0.15) is 6.04 Å². The third kappa shape index (κ3) is 8.40. The molecule has 0 aliphatic heterocycles. The van der Waals surface area contributed by atoms with E-state index in [-0.39, 0.29) is 11.8 Å². The van der Waals surface area contributed by atoms with Crippen molar-refractivity contribution in [1.29, 1.82) is 0 Å². The molecule has 7 heteroatoms. The summed E-state index contributed by atoms with van der Waals surface area (Å²) < 4.78 is 0. The number of carbonyl (C=O) groups is 2. The number of carbonyl (C=O) groups excluding carboxylic acids is 2. The Morgan fingerprint density at radius 3 is 2.45 bits per heavy atom. The molecule has 2 aromatic rings. The molecule has 0 bridgehead atoms. The van der Waals surface area contributed by atoms with Crippen LogP contribution < -0.4 is 5.32 Å². The van der Waals surface area contributed by atoms with Crippen molar-refractivity contribution in [2.75, 3.05) is 12.3 Å². The number of rotatable bonds is 12. The van der Waals surface area contributed by atoms with Crippen LogP contribution in [0.5, 0.6) is 0 Å². The lowest BCUT2D eigenvalue weighted by molar-refractivity contribution is -0.141. The van der Waals surface area contributed by atoms with Crippen LogP contribution in [0.15, 0.2) is 53.4 Å². The zero-order valence-corrected chi connectivity index (χ0v) is 20.4. The number of halogens is 2. The predicted octanol–water partition coefficient (Wildman–Crippen LogP) is 6.20. The fourth-order valence-corrected chi connectivity index (χ4v) is 4.36. The second-order valence-corrected chi connectivity index (χ2v) is 9.23. The van der Waals surface area contributed by atoms with E-state index in [2.05, 4.69) is 12.2 Å². The summed E-state index contributed by atoms with van der Waals surface area (Å²) in [6.45, 7) is 4.93. The van der Waals surface area contributed by atoms with Crippen LogP contribution in [0.1, 0.15) is 45.1 Å². The van der Waals surface area contributed by atoms with E-state index in [0.717, 1.165) is 23.3 Å². The molecule has 0 aliphatic carbocycles. The fourth-order valence-electron chi connectivity index (χ4n) is 3.18. The number of nitrogens with zero attached hydrogens (tertiary/aromatic N) is 1. The monoisotopic (exact) mass is 480 g/mol. The number of nitrogens with one attached hydrogen (secondary N) is 1. The minimum absolute atomic E-state index is 0.0491. The summed E-state index contributed by atoms with van der Waals surface area (Å²) in [6, 6.07) is 14.8. The highest BCUT2D eigenvalue weighted by Crippen LogP contribution is 2.25. The van der Waals surface area contributed by atoms with Crippen molar-refractivity contribution in [2.45, 2.75) is 57.0 Å². The number of hydrogen-bond acceptors (Lipinski definition) is 3. The fraction of sp³-hybridized carbons (Fsp3) is 0.417. The maximum atomic E-state index is 13.2. The highest BCUT2D eigenvalue weighted by atomic mass is 35.5. The first-order valence-electron chi connectivity index (χ1n) is 10.6. The Bertz CT molecular complexity index is 849. The number of hydrogen-bond donors (Lipinski definition) is 1. The Kier molecular flexibility index (Phi) is 11.3. The molecule has 4 nitrogen and oxygen atoms in total. The molecule has 1 N–H and O–H groups in total. The van der Waals surface area contributed by atoms with Crippen molar-refractivity contribution in [1.82, 2.24) is 10.2 Å². The van der Waals surface area contributed by atoms with E-state index in [0.29, 0.717) is 41.7 Å². The molecular weight excluding hydrogens is 451 g/mol. The lowest BCUT2D eigenvalue weighted by Crippen LogP contribution is -2.49. The van der Waals surface area contributed by atoms with Crippen molar-refractivity contribution in [3.05, 3.63) is 64.1 Å². The van der Waals surface area contributed by atoms with Crippen LogP contribution in [-0.2, 0) is 16.1 Å². The minimum Gasteiger partial charge on any atom is -0.354 e. The maximum absolute atomic E-state index is 13.2. The van der Waals surface area contributed by atoms with Gasteiger partial charge in [-0.05, 0) is 42.7 Å². The Labute approximate surface area is 199 Å². The Morgan fingerprint density at radius 2 is 1.81 bits per heavy atom. The number of benzene rings is 2. The lowest BCUT2D eigenvalue weighted by atomic mass is 10.1. The van der Waals surface area contributed by atoms with Gasteiger partial charge in [0.2, 0.25) is 11.8 Å². The predicted molar refractivity (Wildman–Crippen MR) is 131 cm³/mol. The van der Waals surface area contributed by atoms with E-state index < -0.39 is 6.04 Å². The van der Waals surface area contributed by atoms with Crippen LogP contribution in [0.25, 0.3) is 0 Å². The first-order valence-corrected chi connectivity index (χ1v) is 12.4. The second kappa shape index (κ2) is 13.7. The molecule has 0 spiro atoms. The van der Waals surface area contributed by atoms with Crippen molar-refractivity contribution in [3.63, 3.8) is 0 Å². The zero-order valence-electron chi connectivity index (χ0n) is 18.1. The highest BCUT2D eigenvalue weighted by Gasteiger charge is 2.28. The van der Waals surface area contributed by atoms with Crippen LogP contribution >= 0.6 is 35.0 Å². The van der Waals surface area contributed by atoms with Gasteiger partial charge in [0.15, 0.2) is 0 Å². The average molecular weight is 481 g/mol. The van der Waals surface area contributed by atoms with E-state index in [1.165, 1.54) is 0 Å². The molecule has 0 heterocycles. The lowest BCUT2D eigenvalue weighted by Gasteiger charge is -2.31. The number of amides is 2. The SMILES string of the molecule is CCCCNC(=O)C(CC)N(Cc1ccc(Cl)c(Cl)c1)C(=O)CCSc1ccccc1. The molecule has 1 unspecified atom stereocenters. The molecular formula is C24H30Cl2N2O2S. The average Bonchev–Trinajstić information content (AvgIpc) is 2.77. The topological polar surface area (TPSA) is 49.4 Å². The van der Waals surface area contributed by atoms with E-state index in [1.807, 2.05) is 43.3 Å². The van der Waals surface area contributed by atoms with Crippen LogP contribution in [0.3, 0.4) is 0 Å². The molecule has 168 valence electrons. The standard InChI is InChI=1S/C24H30Cl2N2O2S/c1-3-5-14-27-24(30)22(4-2)28(17-18-11-12-20(25)21(26)16-18)23(29)13-15-31-19-9-7-6-8-10-19/h6-12,16,22H,3-5,13-15,17H2,1-2H3,(H,27,30). The van der Waals surface area contributed by atoms with E-state index in [1.54, 1.807) is 28.8 Å². The van der Waals surface area contributed by atoms with E-state index in [9.17, 15) is 9.59 Å². The van der Waals surface area contributed by atoms with Gasteiger partial charge in [-0.2, -0.15) is 0 Å². The first-order chi connectivity index (χ1) is 15.0. The normalized spacial score (nSPS) is 11.7. The Balaban J connectivity index is 2.13. The van der Waals surface area contributed by atoms with Gasteiger partial charge in [-0.3, -0.25) is 9.59 Å². The summed E-state index contributed by atoms with van der Waals surface area (Å²) in [5, 5.41) is 3.87. The van der Waals surface area contributed by atoms with Gasteiger partial charge in [-0.1, -0.05) is 67.7 Å². The molecule has 0 saturated heterocycles. The van der Waals surface area contributed by atoms with Crippen molar-refractivity contribution in [3.8, 4) is 0 Å². The molecule has 0 aliphatic rings. The van der Waals surface area contributed by atoms with Crippen molar-refractivity contribution >= 4 is 46.8 Å². The zero-order chi connectivity index (χ0) is 22.6. The van der Waals surface area contributed by atoms with Gasteiger partial charge in [-0.15, -0.1) is 11.8 Å². The quantitative estimate of drug-likeness (QED) is 0.290. The van der Waals surface area contributed by atoms with E-state index in [4.69, 9.17) is 23.2 Å². The summed E-state index contributed by atoms with van der Waals surface area (Å²) in [5.41, 5.74) is 0.846. The summed E-state index contributed by atoms with van der Waals surface area (Å²) in [4.78, 5) is 28.8. The largest absolute Gasteiger partial charge is 0.354 e. The minimum atomic E-state index is -0.527. The maximum Gasteiger partial charge on any atom is 0.242 e. The Morgan fingerprint density at radius 1 is 1.06 bits per heavy atom. The molecule has 0 saturated carbocycles. The third-order valence-corrected chi connectivity index (χ3v) is 6.63. The summed E-state index contributed by atoms with van der Waals surface area (Å²) in [7, 11) is 0. The number of unbranched alkanes of at least 4 members (excludes halogenated alkanes) is 1. The summed E-state index contributed by atoms with van der Waals surface area (Å²) in [6.07, 6.45) is 2.80. The first kappa shape index (κ1) is 25.6. The van der Waals surface area contributed by atoms with Crippen LogP contribution in [-0.4, -0.2) is 35.1 Å². The van der Waals surface area contributed by atoms with Crippen LogP contribution in [0, 0.1) is 0 Å². The third-order valence-electron chi connectivity index (χ3n) is 4.88. The molecule has 2 amide bonds. The smallest absolute Gasteiger partial charge is 0.242 e. The van der Waals surface area contributed by atoms with Crippen LogP contribution in [0.2, 0.25) is 10.0 Å². The number of thioether (sulfide) groups is 1. The van der Waals surface area contributed by atoms with Gasteiger partial charge >= 0.3 is 0 Å². The summed E-state index contributed by atoms with van der Waals surface area (Å²) >= 11 is 13.8. The van der Waals surface area contributed by atoms with Gasteiger partial charge in [-0.25, -0.2) is 0 Å². The van der Waals surface area contributed by atoms with Gasteiger partial charge in [0.05, 0.1) is 10.0 Å². The van der Waals surface area contributed by atoms with E-state index >= 15 is 0 Å². The molecule has 2 aromatic carbocycles. The molecule has 1 atom stereocenters. The van der Waals surface area contributed by atoms with Gasteiger partial charge in [0, 0.05) is 30.2 Å². The summed E-state index contributed by atoms with van der Waals surface area (Å²) in [5.74, 6) is 0.487.